The van der Waals surface area contributed by atoms with Crippen LogP contribution in [0.25, 0.3) is 0 Å². The molecule has 0 fully saturated rings. The Morgan fingerprint density at radius 3 is 2.48 bits per heavy atom. The van der Waals surface area contributed by atoms with Gasteiger partial charge in [0.2, 0.25) is 11.7 Å². The zero-order valence-corrected chi connectivity index (χ0v) is 13.6. The van der Waals surface area contributed by atoms with Crippen LogP contribution in [0.15, 0.2) is 41.8 Å². The summed E-state index contributed by atoms with van der Waals surface area (Å²) in [5, 5.41) is 0. The third-order valence-corrected chi connectivity index (χ3v) is 3.39. The van der Waals surface area contributed by atoms with E-state index in [9.17, 15) is 14.4 Å². The molecule has 3 amide bonds. The first kappa shape index (κ1) is 17.9. The molecule has 1 heterocycles. The SMILES string of the molecule is COc1ccc(CN2C(=O)C(OC(N)=O)=C2/C=C/C(N)=O)c(OC)c1. The second-order valence-corrected chi connectivity index (χ2v) is 4.94. The minimum Gasteiger partial charge on any atom is -0.497 e. The van der Waals surface area contributed by atoms with Gasteiger partial charge in [0.25, 0.3) is 5.91 Å². The van der Waals surface area contributed by atoms with Crippen LogP contribution in [0, 0.1) is 0 Å². The summed E-state index contributed by atoms with van der Waals surface area (Å²) in [6, 6.07) is 5.11. The third kappa shape index (κ3) is 3.89. The number of amides is 3. The number of methoxy groups -OCH3 is 2. The third-order valence-electron chi connectivity index (χ3n) is 3.39. The first-order valence-electron chi connectivity index (χ1n) is 7.09. The lowest BCUT2D eigenvalue weighted by atomic mass is 10.1. The molecule has 9 nitrogen and oxygen atoms in total. The van der Waals surface area contributed by atoms with Gasteiger partial charge in [-0.15, -0.1) is 0 Å². The van der Waals surface area contributed by atoms with Gasteiger partial charge in [0.1, 0.15) is 11.5 Å². The van der Waals surface area contributed by atoms with Gasteiger partial charge in [-0.3, -0.25) is 14.5 Å². The largest absolute Gasteiger partial charge is 0.497 e. The van der Waals surface area contributed by atoms with Crippen LogP contribution in [-0.4, -0.2) is 37.0 Å². The Morgan fingerprint density at radius 1 is 1.20 bits per heavy atom. The van der Waals surface area contributed by atoms with E-state index in [1.807, 2.05) is 0 Å². The first-order valence-corrected chi connectivity index (χ1v) is 7.09. The zero-order chi connectivity index (χ0) is 18.6. The van der Waals surface area contributed by atoms with Crippen LogP contribution in [0.1, 0.15) is 5.56 Å². The van der Waals surface area contributed by atoms with E-state index < -0.39 is 17.9 Å². The molecule has 2 rings (SSSR count). The highest BCUT2D eigenvalue weighted by Gasteiger charge is 2.38. The van der Waals surface area contributed by atoms with Gasteiger partial charge in [-0.2, -0.15) is 0 Å². The topological polar surface area (TPSA) is 134 Å². The quantitative estimate of drug-likeness (QED) is 0.685. The maximum absolute atomic E-state index is 12.2. The number of hydrogen-bond donors (Lipinski definition) is 2. The molecule has 0 saturated carbocycles. The van der Waals surface area contributed by atoms with Crippen LogP contribution in [-0.2, 0) is 20.9 Å². The van der Waals surface area contributed by atoms with Crippen molar-refractivity contribution in [1.82, 2.24) is 4.90 Å². The van der Waals surface area contributed by atoms with Gasteiger partial charge >= 0.3 is 6.09 Å². The summed E-state index contributed by atoms with van der Waals surface area (Å²) in [7, 11) is 3.01. The number of allylic oxidation sites excluding steroid dienone is 1. The summed E-state index contributed by atoms with van der Waals surface area (Å²) < 4.78 is 15.1. The lowest BCUT2D eigenvalue weighted by Crippen LogP contribution is -2.43. The van der Waals surface area contributed by atoms with E-state index in [1.54, 1.807) is 18.2 Å². The van der Waals surface area contributed by atoms with Crippen LogP contribution in [0.2, 0.25) is 0 Å². The Bertz CT molecular complexity index is 784. The lowest BCUT2D eigenvalue weighted by molar-refractivity contribution is -0.133. The van der Waals surface area contributed by atoms with Crippen molar-refractivity contribution in [3.63, 3.8) is 0 Å². The Kier molecular flexibility index (Phi) is 5.28. The van der Waals surface area contributed by atoms with Gasteiger partial charge in [-0.25, -0.2) is 4.79 Å². The molecule has 0 saturated heterocycles. The van der Waals surface area contributed by atoms with Crippen molar-refractivity contribution in [3.8, 4) is 11.5 Å². The highest BCUT2D eigenvalue weighted by Crippen LogP contribution is 2.33. The predicted octanol–water partition coefficient (Wildman–Crippen LogP) is 0.394. The fourth-order valence-electron chi connectivity index (χ4n) is 2.24. The van der Waals surface area contributed by atoms with Gasteiger partial charge in [-0.05, 0) is 18.2 Å². The molecule has 0 aliphatic carbocycles. The Balaban J connectivity index is 2.32. The summed E-state index contributed by atoms with van der Waals surface area (Å²) >= 11 is 0. The molecular weight excluding hydrogens is 330 g/mol. The second kappa shape index (κ2) is 7.39. The van der Waals surface area contributed by atoms with Crippen molar-refractivity contribution in [2.24, 2.45) is 11.5 Å². The fourth-order valence-corrected chi connectivity index (χ4v) is 2.24. The number of hydrogen-bond acceptors (Lipinski definition) is 6. The second-order valence-electron chi connectivity index (χ2n) is 4.94. The van der Waals surface area contributed by atoms with Crippen molar-refractivity contribution in [3.05, 3.63) is 47.4 Å². The van der Waals surface area contributed by atoms with Crippen LogP contribution < -0.4 is 20.9 Å². The van der Waals surface area contributed by atoms with Crippen molar-refractivity contribution in [2.75, 3.05) is 14.2 Å². The number of rotatable bonds is 7. The molecule has 9 heteroatoms. The number of carbonyl (C=O) groups is 3. The smallest absolute Gasteiger partial charge is 0.410 e. The van der Waals surface area contributed by atoms with Gasteiger partial charge in [0, 0.05) is 17.7 Å². The fraction of sp³-hybridized carbons (Fsp3) is 0.188. The van der Waals surface area contributed by atoms with Crippen LogP contribution in [0.5, 0.6) is 11.5 Å². The van der Waals surface area contributed by atoms with Gasteiger partial charge in [-0.1, -0.05) is 0 Å². The van der Waals surface area contributed by atoms with E-state index in [0.717, 1.165) is 6.08 Å². The van der Waals surface area contributed by atoms with E-state index in [4.69, 9.17) is 20.9 Å². The lowest BCUT2D eigenvalue weighted by Gasteiger charge is -2.33. The molecule has 1 aliphatic rings. The Labute approximate surface area is 143 Å². The number of ether oxygens (including phenoxy) is 3. The molecule has 0 atom stereocenters. The zero-order valence-electron chi connectivity index (χ0n) is 13.6. The highest BCUT2D eigenvalue weighted by atomic mass is 16.6. The van der Waals surface area contributed by atoms with E-state index in [0.29, 0.717) is 17.1 Å². The molecule has 0 bridgehead atoms. The maximum Gasteiger partial charge on any atom is 0.410 e. The van der Waals surface area contributed by atoms with Crippen molar-refractivity contribution in [1.29, 1.82) is 0 Å². The summed E-state index contributed by atoms with van der Waals surface area (Å²) in [6.07, 6.45) is 1.19. The average Bonchev–Trinajstić information content (AvgIpc) is 2.58. The minimum absolute atomic E-state index is 0.121. The molecular formula is C16H17N3O6. The minimum atomic E-state index is -1.13. The number of nitrogens with zero attached hydrogens (tertiary/aromatic N) is 1. The molecule has 0 radical (unpaired) electrons. The number of nitrogens with two attached hydrogens (primary N) is 2. The predicted molar refractivity (Wildman–Crippen MR) is 86.1 cm³/mol. The number of carbonyl (C=O) groups excluding carboxylic acids is 3. The summed E-state index contributed by atoms with van der Waals surface area (Å²) in [5.74, 6) is -0.419. The number of benzene rings is 1. The van der Waals surface area contributed by atoms with Crippen molar-refractivity contribution in [2.45, 2.75) is 6.54 Å². The van der Waals surface area contributed by atoms with Crippen LogP contribution in [0.3, 0.4) is 0 Å². The Hall–Kier alpha value is -3.49. The molecule has 132 valence electrons. The summed E-state index contributed by atoms with van der Waals surface area (Å²) in [5.41, 5.74) is 10.9. The molecule has 1 aromatic rings. The van der Waals surface area contributed by atoms with E-state index in [-0.39, 0.29) is 18.0 Å². The van der Waals surface area contributed by atoms with Crippen LogP contribution in [0.4, 0.5) is 4.79 Å². The molecule has 0 unspecified atom stereocenters. The normalized spacial score (nSPS) is 13.7. The molecule has 1 aromatic carbocycles. The van der Waals surface area contributed by atoms with Gasteiger partial charge < -0.3 is 25.7 Å². The molecule has 4 N–H and O–H groups in total. The average molecular weight is 347 g/mol. The Morgan fingerprint density at radius 2 is 1.92 bits per heavy atom. The van der Waals surface area contributed by atoms with E-state index >= 15 is 0 Å². The standard InChI is InChI=1S/C16H17N3O6/c1-23-10-4-3-9(12(7-10)24-2)8-19-11(5-6-13(17)20)14(15(19)21)25-16(18)22/h3-7H,8H2,1-2H3,(H2,17,20)(H2,18,22)/b6-5+. The molecule has 1 aliphatic heterocycles. The van der Waals surface area contributed by atoms with Gasteiger partial charge in [0.05, 0.1) is 26.5 Å². The van der Waals surface area contributed by atoms with E-state index in [2.05, 4.69) is 4.74 Å². The molecule has 25 heavy (non-hydrogen) atoms. The van der Waals surface area contributed by atoms with E-state index in [1.165, 1.54) is 25.2 Å². The van der Waals surface area contributed by atoms with Crippen molar-refractivity contribution >= 4 is 17.9 Å². The maximum atomic E-state index is 12.2. The molecule has 0 aromatic heterocycles. The van der Waals surface area contributed by atoms with Gasteiger partial charge in [0.15, 0.2) is 0 Å². The first-order chi connectivity index (χ1) is 11.9. The number of primary amides is 2. The van der Waals surface area contributed by atoms with Crippen molar-refractivity contribution < 1.29 is 28.6 Å². The summed E-state index contributed by atoms with van der Waals surface area (Å²) in [6.45, 7) is 0.121. The van der Waals surface area contributed by atoms with Crippen LogP contribution >= 0.6 is 0 Å². The monoisotopic (exact) mass is 347 g/mol. The highest BCUT2D eigenvalue weighted by molar-refractivity contribution is 6.03. The molecule has 0 spiro atoms. The summed E-state index contributed by atoms with van der Waals surface area (Å²) in [4.78, 5) is 35.3.